The monoisotopic (exact) mass is 535 g/mol. The Bertz CT molecular complexity index is 1080. The third kappa shape index (κ3) is 7.56. The molecule has 2 aromatic carbocycles. The summed E-state index contributed by atoms with van der Waals surface area (Å²) in [5.41, 5.74) is 2.55. The van der Waals surface area contributed by atoms with Crippen LogP contribution in [-0.2, 0) is 16.1 Å². The maximum Gasteiger partial charge on any atom is 0.414 e. The van der Waals surface area contributed by atoms with E-state index >= 15 is 0 Å². The third-order valence-corrected chi connectivity index (χ3v) is 7.56. The third-order valence-electron chi connectivity index (χ3n) is 7.56. The molecule has 0 spiro atoms. The molecule has 2 aromatic rings. The molecule has 9 heteroatoms. The van der Waals surface area contributed by atoms with Crippen LogP contribution in [0.3, 0.4) is 0 Å². The van der Waals surface area contributed by atoms with E-state index in [-0.39, 0.29) is 18.9 Å². The lowest BCUT2D eigenvalue weighted by atomic mass is 9.91. The molecule has 6 nitrogen and oxygen atoms in total. The first-order valence-corrected chi connectivity index (χ1v) is 13.2. The Morgan fingerprint density at radius 2 is 1.82 bits per heavy atom. The Hall–Kier alpha value is -2.94. The fourth-order valence-corrected chi connectivity index (χ4v) is 5.03. The van der Waals surface area contributed by atoms with Crippen LogP contribution in [0.25, 0.3) is 0 Å². The normalized spacial score (nSPS) is 18.2. The lowest BCUT2D eigenvalue weighted by molar-refractivity contribution is -0.217. The van der Waals surface area contributed by atoms with Crippen LogP contribution >= 0.6 is 0 Å². The number of anilines is 1. The van der Waals surface area contributed by atoms with E-state index in [2.05, 4.69) is 4.90 Å². The van der Waals surface area contributed by atoms with Crippen LogP contribution in [-0.4, -0.2) is 50.2 Å². The molecule has 2 fully saturated rings. The maximum atomic E-state index is 12.9. The molecule has 1 N–H and O–H groups in total. The van der Waals surface area contributed by atoms with Gasteiger partial charge in [0.25, 0.3) is 0 Å². The zero-order valence-electron chi connectivity index (χ0n) is 21.9. The first-order chi connectivity index (χ1) is 18.1. The van der Waals surface area contributed by atoms with E-state index in [1.807, 2.05) is 30.3 Å². The van der Waals surface area contributed by atoms with Gasteiger partial charge in [-0.1, -0.05) is 18.2 Å². The van der Waals surface area contributed by atoms with E-state index in [0.29, 0.717) is 29.8 Å². The number of alkyl halides is 3. The molecule has 1 aliphatic heterocycles. The maximum absolute atomic E-state index is 12.9. The van der Waals surface area contributed by atoms with E-state index < -0.39 is 18.2 Å². The van der Waals surface area contributed by atoms with Crippen LogP contribution in [0.1, 0.15) is 56.1 Å². The Labute approximate surface area is 221 Å². The van der Waals surface area contributed by atoms with Crippen LogP contribution in [0.5, 0.6) is 11.5 Å². The summed E-state index contributed by atoms with van der Waals surface area (Å²) in [5, 5.41) is 9.31. The standard InChI is InChI=1S/C29H36F3NO5/c1-19(29(30,31)32)37-18-23-8-9-24(36-2)15-27(23)33-12-10-20(11-13-33)17-38-25-5-3-4-22(14-25)26(16-28(34)35)21-6-7-21/h3-5,8-9,14-15,19-21,26H,6-7,10-13,16-18H2,1-2H3,(H,34,35)/t19?,26-/m0/s1. The lowest BCUT2D eigenvalue weighted by Gasteiger charge is -2.35. The van der Waals surface area contributed by atoms with Crippen molar-refractivity contribution in [1.82, 2.24) is 0 Å². The van der Waals surface area contributed by atoms with Crippen molar-refractivity contribution in [2.45, 2.75) is 63.8 Å². The number of aliphatic carboxylic acids is 1. The molecule has 1 saturated heterocycles. The number of hydrogen-bond acceptors (Lipinski definition) is 5. The van der Waals surface area contributed by atoms with Crippen molar-refractivity contribution in [3.05, 3.63) is 53.6 Å². The largest absolute Gasteiger partial charge is 0.497 e. The number of carbonyl (C=O) groups is 1. The summed E-state index contributed by atoms with van der Waals surface area (Å²) < 4.78 is 55.4. The molecule has 0 bridgehead atoms. The van der Waals surface area contributed by atoms with E-state index in [1.165, 1.54) is 0 Å². The van der Waals surface area contributed by atoms with Crippen molar-refractivity contribution in [3.8, 4) is 11.5 Å². The molecule has 1 unspecified atom stereocenters. The molecule has 208 valence electrons. The number of benzene rings is 2. The number of carboxylic acids is 1. The van der Waals surface area contributed by atoms with E-state index in [4.69, 9.17) is 14.2 Å². The predicted octanol–water partition coefficient (Wildman–Crippen LogP) is 6.43. The summed E-state index contributed by atoms with van der Waals surface area (Å²) in [6.07, 6.45) is -2.21. The number of piperidine rings is 1. The Morgan fingerprint density at radius 3 is 2.45 bits per heavy atom. The van der Waals surface area contributed by atoms with Gasteiger partial charge < -0.3 is 24.2 Å². The minimum atomic E-state index is -4.40. The molecule has 38 heavy (non-hydrogen) atoms. The first-order valence-electron chi connectivity index (χ1n) is 13.2. The number of rotatable bonds is 12. The fraction of sp³-hybridized carbons (Fsp3) is 0.552. The van der Waals surface area contributed by atoms with E-state index in [9.17, 15) is 23.1 Å². The van der Waals surface area contributed by atoms with E-state index in [0.717, 1.165) is 62.7 Å². The summed E-state index contributed by atoms with van der Waals surface area (Å²) in [6.45, 7) is 2.92. The number of ether oxygens (including phenoxy) is 3. The smallest absolute Gasteiger partial charge is 0.414 e. The van der Waals surface area contributed by atoms with Gasteiger partial charge in [0.05, 0.1) is 26.7 Å². The molecule has 0 amide bonds. The van der Waals surface area contributed by atoms with Crippen molar-refractivity contribution < 1.29 is 37.3 Å². The fourth-order valence-electron chi connectivity index (χ4n) is 5.03. The first kappa shape index (κ1) is 28.1. The summed E-state index contributed by atoms with van der Waals surface area (Å²) in [5.74, 6) is 1.43. The summed E-state index contributed by atoms with van der Waals surface area (Å²) in [6, 6.07) is 13.2. The molecule has 1 saturated carbocycles. The van der Waals surface area contributed by atoms with Crippen LogP contribution in [0.4, 0.5) is 18.9 Å². The molecule has 0 radical (unpaired) electrons. The molecule has 0 aromatic heterocycles. The van der Waals surface area contributed by atoms with Gasteiger partial charge in [-0.05, 0) is 74.1 Å². The van der Waals surface area contributed by atoms with E-state index in [1.54, 1.807) is 19.2 Å². The van der Waals surface area contributed by atoms with Crippen LogP contribution in [0, 0.1) is 11.8 Å². The van der Waals surface area contributed by atoms with Gasteiger partial charge in [-0.3, -0.25) is 4.79 Å². The van der Waals surface area contributed by atoms with Gasteiger partial charge in [0, 0.05) is 30.4 Å². The summed E-state index contributed by atoms with van der Waals surface area (Å²) in [7, 11) is 1.56. The van der Waals surface area contributed by atoms with Gasteiger partial charge in [0.1, 0.15) is 11.5 Å². The predicted molar refractivity (Wildman–Crippen MR) is 138 cm³/mol. The van der Waals surface area contributed by atoms with Gasteiger partial charge in [0.15, 0.2) is 6.10 Å². The second-order valence-corrected chi connectivity index (χ2v) is 10.3. The molecule has 1 aliphatic carbocycles. The minimum absolute atomic E-state index is 0.0273. The number of hydrogen-bond donors (Lipinski definition) is 1. The highest BCUT2D eigenvalue weighted by Gasteiger charge is 2.37. The van der Waals surface area contributed by atoms with Gasteiger partial charge in [-0.15, -0.1) is 0 Å². The van der Waals surface area contributed by atoms with Gasteiger partial charge in [-0.25, -0.2) is 0 Å². The van der Waals surface area contributed by atoms with Gasteiger partial charge in [0.2, 0.25) is 0 Å². The second kappa shape index (κ2) is 12.3. The van der Waals surface area contributed by atoms with Crippen molar-refractivity contribution >= 4 is 11.7 Å². The zero-order chi connectivity index (χ0) is 27.3. The van der Waals surface area contributed by atoms with Crippen molar-refractivity contribution in [1.29, 1.82) is 0 Å². The average molecular weight is 536 g/mol. The summed E-state index contributed by atoms with van der Waals surface area (Å²) >= 11 is 0. The van der Waals surface area contributed by atoms with Gasteiger partial charge >= 0.3 is 12.1 Å². The highest BCUT2D eigenvalue weighted by Crippen LogP contribution is 2.45. The van der Waals surface area contributed by atoms with Crippen molar-refractivity contribution in [2.24, 2.45) is 11.8 Å². The van der Waals surface area contributed by atoms with Crippen LogP contribution < -0.4 is 14.4 Å². The molecule has 4 rings (SSSR count). The van der Waals surface area contributed by atoms with Crippen molar-refractivity contribution in [2.75, 3.05) is 31.7 Å². The number of halogens is 3. The SMILES string of the molecule is COc1ccc(COC(C)C(F)(F)F)c(N2CCC(COc3cccc([C@@H](CC(=O)O)C4CC4)c3)CC2)c1. The minimum Gasteiger partial charge on any atom is -0.497 e. The molecular formula is C29H36F3NO5. The second-order valence-electron chi connectivity index (χ2n) is 10.3. The van der Waals surface area contributed by atoms with Gasteiger partial charge in [-0.2, -0.15) is 13.2 Å². The van der Waals surface area contributed by atoms with Crippen LogP contribution in [0.2, 0.25) is 0 Å². The highest BCUT2D eigenvalue weighted by atomic mass is 19.4. The molecule has 2 atom stereocenters. The number of methoxy groups -OCH3 is 1. The Morgan fingerprint density at radius 1 is 1.08 bits per heavy atom. The average Bonchev–Trinajstić information content (AvgIpc) is 3.74. The molecule has 1 heterocycles. The lowest BCUT2D eigenvalue weighted by Crippen LogP contribution is -2.36. The quantitative estimate of drug-likeness (QED) is 0.338. The Balaban J connectivity index is 1.33. The Kier molecular flexibility index (Phi) is 9.07. The highest BCUT2D eigenvalue weighted by molar-refractivity contribution is 5.68. The number of nitrogens with zero attached hydrogens (tertiary/aromatic N) is 1. The molecular weight excluding hydrogens is 499 g/mol. The number of carboxylic acid groups (broad SMARTS) is 1. The molecule has 2 aliphatic rings. The summed E-state index contributed by atoms with van der Waals surface area (Å²) in [4.78, 5) is 13.5. The zero-order valence-corrected chi connectivity index (χ0v) is 21.9. The van der Waals surface area contributed by atoms with Crippen molar-refractivity contribution in [3.63, 3.8) is 0 Å². The van der Waals surface area contributed by atoms with Crippen LogP contribution in [0.15, 0.2) is 42.5 Å². The topological polar surface area (TPSA) is 68.2 Å².